The molecule has 3 aromatic rings. The molecule has 194 valence electrons. The molecule has 0 unspecified atom stereocenters. The Bertz CT molecular complexity index is 1270. The van der Waals surface area contributed by atoms with E-state index in [0.29, 0.717) is 16.4 Å². The van der Waals surface area contributed by atoms with Crippen LogP contribution in [-0.4, -0.2) is 59.2 Å². The minimum Gasteiger partial charge on any atom is -0.465 e. The Morgan fingerprint density at radius 1 is 1.14 bits per heavy atom. The SMILES string of the molecule is CC(C)CN(C[C@H](O)[C@H](Cc1ccccc1)NC(=O)O)S(=O)(=O)c1ccc(-c2nc(N)sc2Br)cc1. The van der Waals surface area contributed by atoms with Gasteiger partial charge in [-0.3, -0.25) is 0 Å². The summed E-state index contributed by atoms with van der Waals surface area (Å²) in [5.74, 6) is -0.0276. The maximum absolute atomic E-state index is 13.6. The standard InChI is InChI=1S/C24H29BrN4O5S2/c1-15(2)13-29(14-20(30)19(27-24(31)32)12-16-6-4-3-5-7-16)36(33,34)18-10-8-17(9-11-18)21-22(25)35-23(26)28-21/h3-11,15,19-20,27,30H,12-14H2,1-2H3,(H2,26,28)(H,31,32)/t19-,20-/m0/s1. The smallest absolute Gasteiger partial charge is 0.404 e. The number of hydrogen-bond acceptors (Lipinski definition) is 7. The van der Waals surface area contributed by atoms with Gasteiger partial charge in [-0.25, -0.2) is 18.2 Å². The van der Waals surface area contributed by atoms with Crippen molar-refractivity contribution in [2.24, 2.45) is 5.92 Å². The third kappa shape index (κ3) is 7.26. The summed E-state index contributed by atoms with van der Waals surface area (Å²) in [5, 5.41) is 23.0. The summed E-state index contributed by atoms with van der Waals surface area (Å²) in [7, 11) is -3.99. The molecule has 2 aromatic carbocycles. The highest BCUT2D eigenvalue weighted by Crippen LogP contribution is 2.34. The predicted molar refractivity (Wildman–Crippen MR) is 144 cm³/mol. The van der Waals surface area contributed by atoms with Crippen LogP contribution in [0.2, 0.25) is 0 Å². The molecule has 0 spiro atoms. The van der Waals surface area contributed by atoms with Gasteiger partial charge in [0.05, 0.1) is 26.5 Å². The molecule has 2 atom stereocenters. The maximum atomic E-state index is 13.6. The number of halogens is 1. The number of nitrogen functional groups attached to an aromatic ring is 1. The molecule has 0 radical (unpaired) electrons. The van der Waals surface area contributed by atoms with Gasteiger partial charge in [0.15, 0.2) is 5.13 Å². The molecule has 0 fully saturated rings. The van der Waals surface area contributed by atoms with Gasteiger partial charge < -0.3 is 21.3 Å². The molecule has 12 heteroatoms. The number of thiazole rings is 1. The molecule has 5 N–H and O–H groups in total. The minimum absolute atomic E-state index is 0.0276. The van der Waals surface area contributed by atoms with Crippen molar-refractivity contribution in [3.8, 4) is 11.3 Å². The van der Waals surface area contributed by atoms with Gasteiger partial charge in [-0.1, -0.05) is 67.6 Å². The Morgan fingerprint density at radius 3 is 2.31 bits per heavy atom. The van der Waals surface area contributed by atoms with Crippen molar-refractivity contribution in [2.75, 3.05) is 18.8 Å². The Kier molecular flexibility index (Phi) is 9.47. The molecule has 9 nitrogen and oxygen atoms in total. The predicted octanol–water partition coefficient (Wildman–Crippen LogP) is 4.04. The van der Waals surface area contributed by atoms with Crippen molar-refractivity contribution in [1.29, 1.82) is 0 Å². The number of nitrogens with one attached hydrogen (secondary N) is 1. The molecular weight excluding hydrogens is 568 g/mol. The first-order chi connectivity index (χ1) is 17.0. The first-order valence-corrected chi connectivity index (χ1v) is 14.3. The van der Waals surface area contributed by atoms with Gasteiger partial charge in [-0.05, 0) is 46.0 Å². The average Bonchev–Trinajstić information content (AvgIpc) is 3.16. The second-order valence-electron chi connectivity index (χ2n) is 8.73. The number of rotatable bonds is 11. The third-order valence-corrected chi connectivity index (χ3v) is 8.78. The third-order valence-electron chi connectivity index (χ3n) is 5.40. The molecule has 0 aliphatic carbocycles. The second kappa shape index (κ2) is 12.2. The Labute approximate surface area is 223 Å². The van der Waals surface area contributed by atoms with E-state index in [4.69, 9.17) is 5.73 Å². The lowest BCUT2D eigenvalue weighted by Crippen LogP contribution is -2.50. The Hall–Kier alpha value is -2.51. The topological polar surface area (TPSA) is 146 Å². The van der Waals surface area contributed by atoms with Crippen LogP contribution in [0.15, 0.2) is 63.3 Å². The number of nitrogens with two attached hydrogens (primary N) is 1. The minimum atomic E-state index is -3.99. The van der Waals surface area contributed by atoms with Gasteiger partial charge >= 0.3 is 6.09 Å². The highest BCUT2D eigenvalue weighted by Gasteiger charge is 2.31. The number of carboxylic acid groups (broad SMARTS) is 1. The molecule has 36 heavy (non-hydrogen) atoms. The summed E-state index contributed by atoms with van der Waals surface area (Å²) in [6, 6.07) is 14.5. The molecule has 1 amide bonds. The number of carbonyl (C=O) groups is 1. The molecule has 0 saturated carbocycles. The van der Waals surface area contributed by atoms with Crippen molar-refractivity contribution >= 4 is 48.5 Å². The van der Waals surface area contributed by atoms with E-state index < -0.39 is 28.3 Å². The molecule has 1 heterocycles. The van der Waals surface area contributed by atoms with E-state index in [1.54, 1.807) is 12.1 Å². The van der Waals surface area contributed by atoms with Crippen LogP contribution in [0.4, 0.5) is 9.93 Å². The number of aromatic nitrogens is 1. The number of sulfonamides is 1. The number of aliphatic hydroxyl groups excluding tert-OH is 1. The first kappa shape index (κ1) is 28.1. The van der Waals surface area contributed by atoms with E-state index in [-0.39, 0.29) is 30.3 Å². The van der Waals surface area contributed by atoms with Gasteiger partial charge in [0.25, 0.3) is 0 Å². The van der Waals surface area contributed by atoms with Crippen LogP contribution in [0.3, 0.4) is 0 Å². The highest BCUT2D eigenvalue weighted by molar-refractivity contribution is 9.11. The van der Waals surface area contributed by atoms with Crippen LogP contribution in [0, 0.1) is 5.92 Å². The van der Waals surface area contributed by atoms with E-state index in [2.05, 4.69) is 26.2 Å². The van der Waals surface area contributed by atoms with Crippen LogP contribution in [-0.2, 0) is 16.4 Å². The van der Waals surface area contributed by atoms with Crippen molar-refractivity contribution in [3.05, 3.63) is 63.9 Å². The Morgan fingerprint density at radius 2 is 1.78 bits per heavy atom. The average molecular weight is 598 g/mol. The molecule has 0 aliphatic rings. The van der Waals surface area contributed by atoms with Crippen molar-refractivity contribution in [1.82, 2.24) is 14.6 Å². The summed E-state index contributed by atoms with van der Waals surface area (Å²) in [6.07, 6.45) is -2.36. The van der Waals surface area contributed by atoms with Crippen molar-refractivity contribution in [3.63, 3.8) is 0 Å². The molecule has 0 aliphatic heterocycles. The van der Waals surface area contributed by atoms with Gasteiger partial charge in [0.1, 0.15) is 0 Å². The van der Waals surface area contributed by atoms with Gasteiger partial charge in [-0.2, -0.15) is 4.31 Å². The van der Waals surface area contributed by atoms with Crippen LogP contribution in [0.5, 0.6) is 0 Å². The largest absolute Gasteiger partial charge is 0.465 e. The van der Waals surface area contributed by atoms with Crippen LogP contribution in [0.25, 0.3) is 11.3 Å². The molecule has 3 rings (SSSR count). The second-order valence-corrected chi connectivity index (χ2v) is 13.0. The fourth-order valence-electron chi connectivity index (χ4n) is 3.75. The van der Waals surface area contributed by atoms with Gasteiger partial charge in [0.2, 0.25) is 10.0 Å². The van der Waals surface area contributed by atoms with E-state index in [1.165, 1.54) is 27.8 Å². The lowest BCUT2D eigenvalue weighted by atomic mass is 10.0. The van der Waals surface area contributed by atoms with Crippen LogP contribution >= 0.6 is 27.3 Å². The number of amides is 1. The molecule has 0 saturated heterocycles. The maximum Gasteiger partial charge on any atom is 0.404 e. The summed E-state index contributed by atoms with van der Waals surface area (Å²) in [6.45, 7) is 3.63. The van der Waals surface area contributed by atoms with Crippen LogP contribution in [0.1, 0.15) is 19.4 Å². The molecular formula is C24H29BrN4O5S2. The quantitative estimate of drug-likeness (QED) is 0.261. The number of benzene rings is 2. The number of aliphatic hydroxyl groups is 1. The fourth-order valence-corrected chi connectivity index (χ4v) is 6.77. The number of nitrogens with zero attached hydrogens (tertiary/aromatic N) is 2. The lowest BCUT2D eigenvalue weighted by Gasteiger charge is -2.30. The zero-order chi connectivity index (χ0) is 26.5. The van der Waals surface area contributed by atoms with Crippen molar-refractivity contribution < 1.29 is 23.4 Å². The number of anilines is 1. The molecule has 0 bridgehead atoms. The van der Waals surface area contributed by atoms with E-state index in [1.807, 2.05) is 44.2 Å². The molecule has 1 aromatic heterocycles. The zero-order valence-corrected chi connectivity index (χ0v) is 23.1. The lowest BCUT2D eigenvalue weighted by molar-refractivity contribution is 0.0980. The summed E-state index contributed by atoms with van der Waals surface area (Å²) in [5.41, 5.74) is 7.91. The zero-order valence-electron chi connectivity index (χ0n) is 19.8. The monoisotopic (exact) mass is 596 g/mol. The van der Waals surface area contributed by atoms with E-state index in [9.17, 15) is 23.4 Å². The Balaban J connectivity index is 1.85. The first-order valence-electron chi connectivity index (χ1n) is 11.2. The van der Waals surface area contributed by atoms with E-state index >= 15 is 0 Å². The number of hydrogen-bond donors (Lipinski definition) is 4. The van der Waals surface area contributed by atoms with E-state index in [0.717, 1.165) is 9.35 Å². The summed E-state index contributed by atoms with van der Waals surface area (Å²) >= 11 is 4.70. The highest BCUT2D eigenvalue weighted by atomic mass is 79.9. The van der Waals surface area contributed by atoms with Gasteiger partial charge in [-0.15, -0.1) is 0 Å². The van der Waals surface area contributed by atoms with Crippen LogP contribution < -0.4 is 11.1 Å². The van der Waals surface area contributed by atoms with Gasteiger partial charge in [0, 0.05) is 18.7 Å². The fraction of sp³-hybridized carbons (Fsp3) is 0.333. The normalized spacial score (nSPS) is 13.6. The van der Waals surface area contributed by atoms with Crippen molar-refractivity contribution in [2.45, 2.75) is 37.3 Å². The summed E-state index contributed by atoms with van der Waals surface area (Å²) in [4.78, 5) is 15.7. The summed E-state index contributed by atoms with van der Waals surface area (Å²) < 4.78 is 29.1.